The Morgan fingerprint density at radius 2 is 1.82 bits per heavy atom. The zero-order chi connectivity index (χ0) is 15.9. The summed E-state index contributed by atoms with van der Waals surface area (Å²) < 4.78 is 11.2. The maximum atomic E-state index is 6.04. The summed E-state index contributed by atoms with van der Waals surface area (Å²) in [6, 6.07) is 11.8. The van der Waals surface area contributed by atoms with Gasteiger partial charge in [0.25, 0.3) is 0 Å². The van der Waals surface area contributed by atoms with E-state index in [0.717, 1.165) is 40.5 Å². The Balaban J connectivity index is 2.13. The summed E-state index contributed by atoms with van der Waals surface area (Å²) in [5.41, 5.74) is 8.99. The summed E-state index contributed by atoms with van der Waals surface area (Å²) in [6.45, 7) is 3.15. The van der Waals surface area contributed by atoms with Crippen LogP contribution >= 0.6 is 11.6 Å². The third-order valence-corrected chi connectivity index (χ3v) is 4.01. The summed E-state index contributed by atoms with van der Waals surface area (Å²) in [4.78, 5) is 0. The van der Waals surface area contributed by atoms with Crippen molar-refractivity contribution in [3.63, 3.8) is 0 Å². The van der Waals surface area contributed by atoms with Crippen molar-refractivity contribution in [2.24, 2.45) is 5.73 Å². The zero-order valence-electron chi connectivity index (χ0n) is 13.1. The Hall–Kier alpha value is -1.71. The smallest absolute Gasteiger partial charge is 0.120 e. The molecule has 0 saturated carbocycles. The van der Waals surface area contributed by atoms with E-state index in [9.17, 15) is 0 Å². The molecule has 2 rings (SSSR count). The van der Waals surface area contributed by atoms with Crippen LogP contribution in [0.4, 0.5) is 0 Å². The van der Waals surface area contributed by atoms with Gasteiger partial charge in [-0.1, -0.05) is 17.7 Å². The summed E-state index contributed by atoms with van der Waals surface area (Å²) in [6.07, 6.45) is 1.90. The van der Waals surface area contributed by atoms with Crippen molar-refractivity contribution in [2.75, 3.05) is 13.7 Å². The number of methoxy groups -OCH3 is 1. The van der Waals surface area contributed by atoms with Crippen LogP contribution in [-0.4, -0.2) is 13.7 Å². The second kappa shape index (κ2) is 8.06. The average molecular weight is 320 g/mol. The first kappa shape index (κ1) is 16.7. The molecule has 2 N–H and O–H groups in total. The molecule has 0 aliphatic carbocycles. The van der Waals surface area contributed by atoms with Gasteiger partial charge in [0.15, 0.2) is 0 Å². The van der Waals surface area contributed by atoms with Crippen LogP contribution in [0.5, 0.6) is 11.5 Å². The van der Waals surface area contributed by atoms with Crippen molar-refractivity contribution in [3.05, 3.63) is 58.1 Å². The van der Waals surface area contributed by atoms with E-state index in [-0.39, 0.29) is 0 Å². The lowest BCUT2D eigenvalue weighted by Gasteiger charge is -2.13. The third-order valence-electron chi connectivity index (χ3n) is 3.59. The number of hydrogen-bond donors (Lipinski definition) is 1. The first-order valence-corrected chi connectivity index (χ1v) is 7.76. The number of nitrogens with two attached hydrogens (primary N) is 1. The summed E-state index contributed by atoms with van der Waals surface area (Å²) in [5, 5.41) is 0.748. The van der Waals surface area contributed by atoms with E-state index in [0.29, 0.717) is 13.2 Å². The first-order chi connectivity index (χ1) is 10.6. The fourth-order valence-electron chi connectivity index (χ4n) is 2.27. The average Bonchev–Trinajstić information content (AvgIpc) is 2.54. The van der Waals surface area contributed by atoms with Crippen LogP contribution in [0, 0.1) is 6.92 Å². The topological polar surface area (TPSA) is 44.5 Å². The molecule has 0 saturated heterocycles. The Labute approximate surface area is 137 Å². The van der Waals surface area contributed by atoms with Gasteiger partial charge in [0.05, 0.1) is 7.11 Å². The summed E-state index contributed by atoms with van der Waals surface area (Å²) in [7, 11) is 1.67. The molecular formula is C18H22ClNO2. The fraction of sp³-hybridized carbons (Fsp3) is 0.333. The number of ether oxygens (including phenoxy) is 2. The Kier molecular flexibility index (Phi) is 6.10. The van der Waals surface area contributed by atoms with Crippen molar-refractivity contribution in [2.45, 2.75) is 26.4 Å². The molecule has 0 aromatic heterocycles. The van der Waals surface area contributed by atoms with Gasteiger partial charge < -0.3 is 15.2 Å². The van der Waals surface area contributed by atoms with Gasteiger partial charge in [-0.25, -0.2) is 0 Å². The van der Waals surface area contributed by atoms with Crippen LogP contribution in [0.3, 0.4) is 0 Å². The summed E-state index contributed by atoms with van der Waals surface area (Å²) in [5.74, 6) is 1.65. The highest BCUT2D eigenvalue weighted by Gasteiger charge is 2.06. The normalized spacial score (nSPS) is 10.5. The van der Waals surface area contributed by atoms with Crippen LogP contribution in [0.2, 0.25) is 5.02 Å². The van der Waals surface area contributed by atoms with Gasteiger partial charge in [0, 0.05) is 5.02 Å². The monoisotopic (exact) mass is 319 g/mol. The molecule has 118 valence electrons. The highest BCUT2D eigenvalue weighted by molar-refractivity contribution is 6.31. The minimum atomic E-state index is 0.498. The molecule has 2 aromatic carbocycles. The van der Waals surface area contributed by atoms with E-state index < -0.39 is 0 Å². The molecule has 0 amide bonds. The van der Waals surface area contributed by atoms with Crippen LogP contribution in [0.15, 0.2) is 36.4 Å². The third kappa shape index (κ3) is 4.39. The molecule has 2 aromatic rings. The lowest BCUT2D eigenvalue weighted by Crippen LogP contribution is -2.05. The number of hydrogen-bond acceptors (Lipinski definition) is 3. The molecule has 0 fully saturated rings. The maximum absolute atomic E-state index is 6.04. The van der Waals surface area contributed by atoms with Crippen molar-refractivity contribution >= 4 is 11.6 Å². The Bertz CT molecular complexity index is 628. The predicted molar refractivity (Wildman–Crippen MR) is 90.9 cm³/mol. The molecule has 0 heterocycles. The molecule has 0 atom stereocenters. The van der Waals surface area contributed by atoms with Crippen LogP contribution < -0.4 is 15.2 Å². The lowest BCUT2D eigenvalue weighted by molar-refractivity contribution is 0.303. The minimum Gasteiger partial charge on any atom is -0.497 e. The number of benzene rings is 2. The quantitative estimate of drug-likeness (QED) is 0.834. The van der Waals surface area contributed by atoms with Crippen LogP contribution in [0.25, 0.3) is 0 Å². The second-order valence-corrected chi connectivity index (χ2v) is 5.63. The minimum absolute atomic E-state index is 0.498. The molecule has 3 nitrogen and oxygen atoms in total. The van der Waals surface area contributed by atoms with E-state index in [1.807, 2.05) is 37.3 Å². The largest absolute Gasteiger partial charge is 0.497 e. The van der Waals surface area contributed by atoms with E-state index in [1.54, 1.807) is 7.11 Å². The van der Waals surface area contributed by atoms with Crippen molar-refractivity contribution < 1.29 is 9.47 Å². The molecule has 0 spiro atoms. The molecule has 0 radical (unpaired) electrons. The number of rotatable bonds is 7. The van der Waals surface area contributed by atoms with Gasteiger partial charge in [-0.2, -0.15) is 0 Å². The fourth-order valence-corrected chi connectivity index (χ4v) is 2.39. The molecule has 0 aliphatic heterocycles. The lowest BCUT2D eigenvalue weighted by atomic mass is 10.0. The first-order valence-electron chi connectivity index (χ1n) is 7.39. The molecule has 22 heavy (non-hydrogen) atoms. The van der Waals surface area contributed by atoms with Gasteiger partial charge >= 0.3 is 0 Å². The van der Waals surface area contributed by atoms with Gasteiger partial charge in [0.2, 0.25) is 0 Å². The zero-order valence-corrected chi connectivity index (χ0v) is 13.8. The van der Waals surface area contributed by atoms with Crippen LogP contribution in [0.1, 0.15) is 23.1 Å². The van der Waals surface area contributed by atoms with Crippen molar-refractivity contribution in [3.8, 4) is 11.5 Å². The molecular weight excluding hydrogens is 298 g/mol. The van der Waals surface area contributed by atoms with Crippen molar-refractivity contribution in [1.82, 2.24) is 0 Å². The second-order valence-electron chi connectivity index (χ2n) is 5.23. The van der Waals surface area contributed by atoms with Gasteiger partial charge in [-0.3, -0.25) is 0 Å². The summed E-state index contributed by atoms with van der Waals surface area (Å²) >= 11 is 6.04. The van der Waals surface area contributed by atoms with E-state index in [4.69, 9.17) is 26.8 Å². The van der Waals surface area contributed by atoms with E-state index in [2.05, 4.69) is 6.07 Å². The predicted octanol–water partition coefficient (Wildman–Crippen LogP) is 4.13. The highest BCUT2D eigenvalue weighted by atomic mass is 35.5. The van der Waals surface area contributed by atoms with Gasteiger partial charge in [0.1, 0.15) is 18.1 Å². The van der Waals surface area contributed by atoms with Gasteiger partial charge in [-0.05, 0) is 73.3 Å². The van der Waals surface area contributed by atoms with Gasteiger partial charge in [-0.15, -0.1) is 0 Å². The molecule has 0 aliphatic rings. The standard InChI is InChI=1S/C18H22ClNO2/c1-13-10-17(7-8-18(13)19)22-12-15-11-16(21-2)6-5-14(15)4-3-9-20/h5-8,10-11H,3-4,9,12,20H2,1-2H3. The molecule has 4 heteroatoms. The van der Waals surface area contributed by atoms with E-state index in [1.165, 1.54) is 5.56 Å². The molecule has 0 bridgehead atoms. The van der Waals surface area contributed by atoms with Crippen LogP contribution in [-0.2, 0) is 13.0 Å². The number of aryl methyl sites for hydroxylation is 2. The number of halogens is 1. The Morgan fingerprint density at radius 1 is 1.05 bits per heavy atom. The molecule has 0 unspecified atom stereocenters. The highest BCUT2D eigenvalue weighted by Crippen LogP contribution is 2.24. The van der Waals surface area contributed by atoms with Crippen molar-refractivity contribution in [1.29, 1.82) is 0 Å². The van der Waals surface area contributed by atoms with E-state index >= 15 is 0 Å². The maximum Gasteiger partial charge on any atom is 0.120 e. The Morgan fingerprint density at radius 3 is 2.50 bits per heavy atom. The SMILES string of the molecule is COc1ccc(CCCN)c(COc2ccc(Cl)c(C)c2)c1.